The van der Waals surface area contributed by atoms with Gasteiger partial charge in [-0.25, -0.2) is 0 Å². The topological polar surface area (TPSA) is 50.8 Å². The lowest BCUT2D eigenvalue weighted by Gasteiger charge is -2.25. The Kier molecular flexibility index (Phi) is 5.27. The van der Waals surface area contributed by atoms with E-state index >= 15 is 0 Å². The van der Waals surface area contributed by atoms with E-state index in [1.807, 2.05) is 37.2 Å². The number of alkyl halides is 3. The second kappa shape index (κ2) is 7.48. The molecule has 8 heteroatoms. The van der Waals surface area contributed by atoms with Crippen molar-refractivity contribution in [3.05, 3.63) is 59.2 Å². The monoisotopic (exact) mass is 380 g/mol. The first-order valence-electron chi connectivity index (χ1n) is 8.27. The minimum atomic E-state index is -4.43. The molecule has 2 aromatic carbocycles. The third-order valence-corrected chi connectivity index (χ3v) is 4.34. The van der Waals surface area contributed by atoms with Crippen LogP contribution >= 0.6 is 0 Å². The molecule has 1 atom stereocenters. The van der Waals surface area contributed by atoms with Gasteiger partial charge in [0.1, 0.15) is 0 Å². The fraction of sp³-hybridized carbons (Fsp3) is 0.316. The highest BCUT2D eigenvalue weighted by Crippen LogP contribution is 2.35. The molecule has 1 aliphatic heterocycles. The molecule has 1 N–H and O–H groups in total. The van der Waals surface area contributed by atoms with E-state index < -0.39 is 17.6 Å². The summed E-state index contributed by atoms with van der Waals surface area (Å²) >= 11 is 0. The zero-order valence-corrected chi connectivity index (χ0v) is 14.8. The van der Waals surface area contributed by atoms with Crippen LogP contribution in [0.2, 0.25) is 0 Å². The number of benzene rings is 2. The third kappa shape index (κ3) is 4.33. The summed E-state index contributed by atoms with van der Waals surface area (Å²) in [6.07, 6.45) is -4.43. The fourth-order valence-electron chi connectivity index (χ4n) is 2.82. The molecule has 0 bridgehead atoms. The maximum Gasteiger partial charge on any atom is 0.416 e. The molecule has 0 saturated carbocycles. The Morgan fingerprint density at radius 1 is 1.11 bits per heavy atom. The number of likely N-dealkylation sites (N-methyl/N-ethyl adjacent to an activating group) is 1. The van der Waals surface area contributed by atoms with Crippen LogP contribution in [0.1, 0.15) is 27.5 Å². The van der Waals surface area contributed by atoms with E-state index in [9.17, 15) is 18.0 Å². The van der Waals surface area contributed by atoms with Gasteiger partial charge in [-0.15, -0.1) is 0 Å². The van der Waals surface area contributed by atoms with Gasteiger partial charge in [0.2, 0.25) is 6.79 Å². The summed E-state index contributed by atoms with van der Waals surface area (Å²) in [5.41, 5.74) is 0.314. The van der Waals surface area contributed by atoms with E-state index in [2.05, 4.69) is 5.32 Å². The number of amides is 1. The molecule has 1 aliphatic rings. The van der Waals surface area contributed by atoms with Crippen molar-refractivity contribution in [2.24, 2.45) is 0 Å². The first-order chi connectivity index (χ1) is 12.8. The van der Waals surface area contributed by atoms with Crippen LogP contribution in [0.15, 0.2) is 42.5 Å². The van der Waals surface area contributed by atoms with E-state index in [0.717, 1.165) is 17.7 Å². The molecule has 0 saturated heterocycles. The predicted octanol–water partition coefficient (Wildman–Crippen LogP) is 3.47. The summed E-state index contributed by atoms with van der Waals surface area (Å²) in [6.45, 7) is 0.461. The number of rotatable bonds is 5. The van der Waals surface area contributed by atoms with E-state index in [-0.39, 0.29) is 24.9 Å². The standard InChI is InChI=1S/C19H19F3N2O3/c1-24(2)15(13-5-8-16-17(9-13)27-11-26-16)10-23-18(25)12-3-6-14(7-4-12)19(20,21)22/h3-9,15H,10-11H2,1-2H3,(H,23,25)/t15-/m0/s1. The van der Waals surface area contributed by atoms with Crippen LogP contribution in [0.3, 0.4) is 0 Å². The Balaban J connectivity index is 1.68. The Morgan fingerprint density at radius 2 is 1.78 bits per heavy atom. The lowest BCUT2D eigenvalue weighted by atomic mass is 10.0. The summed E-state index contributed by atoms with van der Waals surface area (Å²) < 4.78 is 48.5. The molecule has 0 radical (unpaired) electrons. The molecule has 0 fully saturated rings. The quantitative estimate of drug-likeness (QED) is 0.863. The van der Waals surface area contributed by atoms with Gasteiger partial charge in [0.25, 0.3) is 5.91 Å². The minimum Gasteiger partial charge on any atom is -0.454 e. The largest absolute Gasteiger partial charge is 0.454 e. The third-order valence-electron chi connectivity index (χ3n) is 4.34. The predicted molar refractivity (Wildman–Crippen MR) is 92.8 cm³/mol. The first kappa shape index (κ1) is 19.0. The summed E-state index contributed by atoms with van der Waals surface area (Å²) in [4.78, 5) is 14.2. The van der Waals surface area contributed by atoms with Crippen molar-refractivity contribution in [3.8, 4) is 11.5 Å². The second-order valence-electron chi connectivity index (χ2n) is 6.38. The van der Waals surface area contributed by atoms with E-state index in [1.54, 1.807) is 0 Å². The second-order valence-corrected chi connectivity index (χ2v) is 6.38. The van der Waals surface area contributed by atoms with Gasteiger partial charge in [-0.05, 0) is 56.1 Å². The fourth-order valence-corrected chi connectivity index (χ4v) is 2.82. The summed E-state index contributed by atoms with van der Waals surface area (Å²) in [5, 5.41) is 2.77. The van der Waals surface area contributed by atoms with E-state index in [4.69, 9.17) is 9.47 Å². The van der Waals surface area contributed by atoms with Crippen molar-refractivity contribution < 1.29 is 27.4 Å². The number of nitrogens with zero attached hydrogens (tertiary/aromatic N) is 1. The van der Waals surface area contributed by atoms with Crippen LogP contribution in [0.5, 0.6) is 11.5 Å². The van der Waals surface area contributed by atoms with Crippen LogP contribution in [0, 0.1) is 0 Å². The Bertz CT molecular complexity index is 820. The van der Waals surface area contributed by atoms with Gasteiger partial charge >= 0.3 is 6.18 Å². The van der Waals surface area contributed by atoms with Gasteiger partial charge in [0.05, 0.1) is 11.6 Å². The van der Waals surface area contributed by atoms with Crippen LogP contribution in [-0.4, -0.2) is 38.2 Å². The Morgan fingerprint density at radius 3 is 2.41 bits per heavy atom. The highest BCUT2D eigenvalue weighted by molar-refractivity contribution is 5.94. The smallest absolute Gasteiger partial charge is 0.416 e. The van der Waals surface area contributed by atoms with Crippen LogP contribution < -0.4 is 14.8 Å². The Hall–Kier alpha value is -2.74. The average Bonchev–Trinajstić information content (AvgIpc) is 3.08. The van der Waals surface area contributed by atoms with Crippen molar-refractivity contribution in [3.63, 3.8) is 0 Å². The van der Waals surface area contributed by atoms with E-state index in [0.29, 0.717) is 11.5 Å². The van der Waals surface area contributed by atoms with Crippen molar-refractivity contribution in [2.75, 3.05) is 27.4 Å². The number of carbonyl (C=O) groups excluding carboxylic acids is 1. The highest BCUT2D eigenvalue weighted by Gasteiger charge is 2.30. The SMILES string of the molecule is CN(C)[C@@H](CNC(=O)c1ccc(C(F)(F)F)cc1)c1ccc2c(c1)OCO2. The minimum absolute atomic E-state index is 0.141. The number of nitrogens with one attached hydrogen (secondary N) is 1. The summed E-state index contributed by atoms with van der Waals surface area (Å²) in [7, 11) is 3.75. The first-order valence-corrected chi connectivity index (χ1v) is 8.27. The molecule has 0 spiro atoms. The van der Waals surface area contributed by atoms with Gasteiger partial charge in [-0.2, -0.15) is 13.2 Å². The molecule has 5 nitrogen and oxygen atoms in total. The molecule has 2 aromatic rings. The highest BCUT2D eigenvalue weighted by atomic mass is 19.4. The maximum atomic E-state index is 12.6. The molecular weight excluding hydrogens is 361 g/mol. The summed E-state index contributed by atoms with van der Waals surface area (Å²) in [6, 6.07) is 9.56. The molecule has 0 unspecified atom stereocenters. The molecular formula is C19H19F3N2O3. The number of hydrogen-bond donors (Lipinski definition) is 1. The number of halogens is 3. The van der Waals surface area contributed by atoms with Crippen LogP contribution in [0.25, 0.3) is 0 Å². The number of fused-ring (bicyclic) bond motifs is 1. The van der Waals surface area contributed by atoms with Gasteiger partial charge in [-0.1, -0.05) is 6.07 Å². The zero-order valence-electron chi connectivity index (χ0n) is 14.8. The van der Waals surface area contributed by atoms with Gasteiger partial charge in [0.15, 0.2) is 11.5 Å². The maximum absolute atomic E-state index is 12.6. The lowest BCUT2D eigenvalue weighted by Crippen LogP contribution is -2.34. The van der Waals surface area contributed by atoms with Crippen molar-refractivity contribution in [2.45, 2.75) is 12.2 Å². The van der Waals surface area contributed by atoms with Crippen LogP contribution in [0.4, 0.5) is 13.2 Å². The average molecular weight is 380 g/mol. The zero-order chi connectivity index (χ0) is 19.6. The van der Waals surface area contributed by atoms with E-state index in [1.165, 1.54) is 12.1 Å². The van der Waals surface area contributed by atoms with Crippen LogP contribution in [-0.2, 0) is 6.18 Å². The molecule has 0 aliphatic carbocycles. The van der Waals surface area contributed by atoms with Gasteiger partial charge in [0, 0.05) is 12.1 Å². The molecule has 1 amide bonds. The van der Waals surface area contributed by atoms with Gasteiger partial charge < -0.3 is 19.7 Å². The number of hydrogen-bond acceptors (Lipinski definition) is 4. The molecule has 144 valence electrons. The molecule has 1 heterocycles. The lowest BCUT2D eigenvalue weighted by molar-refractivity contribution is -0.137. The van der Waals surface area contributed by atoms with Crippen molar-refractivity contribution in [1.29, 1.82) is 0 Å². The van der Waals surface area contributed by atoms with Gasteiger partial charge in [-0.3, -0.25) is 4.79 Å². The van der Waals surface area contributed by atoms with Crippen molar-refractivity contribution >= 4 is 5.91 Å². The molecule has 27 heavy (non-hydrogen) atoms. The molecule has 0 aromatic heterocycles. The summed E-state index contributed by atoms with van der Waals surface area (Å²) in [5.74, 6) is 0.884. The number of carbonyl (C=O) groups is 1. The Labute approximate surface area is 154 Å². The number of ether oxygens (including phenoxy) is 2. The normalized spacial score (nSPS) is 14.3. The van der Waals surface area contributed by atoms with Crippen molar-refractivity contribution in [1.82, 2.24) is 10.2 Å². The molecule has 3 rings (SSSR count).